The summed E-state index contributed by atoms with van der Waals surface area (Å²) < 4.78 is 45.5. The molecule has 244 valence electrons. The van der Waals surface area contributed by atoms with Crippen LogP contribution in [0.5, 0.6) is 0 Å². The Morgan fingerprint density at radius 1 is 1.04 bits per heavy atom. The Balaban J connectivity index is 1.36. The Labute approximate surface area is 275 Å². The second kappa shape index (κ2) is 12.2. The number of hydrogen-bond donors (Lipinski definition) is 0. The van der Waals surface area contributed by atoms with Gasteiger partial charge in [0, 0.05) is 70.5 Å². The first kappa shape index (κ1) is 31.6. The van der Waals surface area contributed by atoms with Crippen molar-refractivity contribution in [2.24, 2.45) is 5.92 Å². The largest absolute Gasteiger partial charge is 0.350 e. The second-order valence-electron chi connectivity index (χ2n) is 13.2. The average Bonchev–Trinajstić information content (AvgIpc) is 3.88. The van der Waals surface area contributed by atoms with Crippen LogP contribution >= 0.6 is 23.4 Å². The van der Waals surface area contributed by atoms with E-state index in [-0.39, 0.29) is 40.2 Å². The van der Waals surface area contributed by atoms with Crippen molar-refractivity contribution in [3.63, 3.8) is 0 Å². The Bertz CT molecular complexity index is 1790. The van der Waals surface area contributed by atoms with Crippen LogP contribution in [0, 0.1) is 23.4 Å². The number of carbonyl (C=O) groups excluding carboxylic acids is 1. The molecule has 12 heteroatoms. The molecule has 4 aliphatic rings. The number of likely N-dealkylation sites (tertiary alicyclic amines) is 1. The molecule has 1 aromatic heterocycles. The smallest absolute Gasteiger partial charge is 0.349 e. The minimum atomic E-state index is -1.28. The van der Waals surface area contributed by atoms with Crippen LogP contribution in [0.15, 0.2) is 40.5 Å². The lowest BCUT2D eigenvalue weighted by Gasteiger charge is -2.45. The van der Waals surface area contributed by atoms with Gasteiger partial charge in [0.1, 0.15) is 11.6 Å². The lowest BCUT2D eigenvalue weighted by molar-refractivity contribution is -0.128. The summed E-state index contributed by atoms with van der Waals surface area (Å²) in [5.41, 5.74) is 0.252. The van der Waals surface area contributed by atoms with E-state index in [9.17, 15) is 18.4 Å². The van der Waals surface area contributed by atoms with Crippen molar-refractivity contribution >= 4 is 46.0 Å². The fourth-order valence-electron chi connectivity index (χ4n) is 7.64. The summed E-state index contributed by atoms with van der Waals surface area (Å²) in [4.78, 5) is 38.2. The molecule has 1 amide bonds. The highest BCUT2D eigenvalue weighted by Crippen LogP contribution is 2.49. The minimum Gasteiger partial charge on any atom is -0.349 e. The number of hydrogen-bond acceptors (Lipinski definition) is 6. The third-order valence-electron chi connectivity index (χ3n) is 10.2. The Morgan fingerprint density at radius 3 is 2.46 bits per heavy atom. The summed E-state index contributed by atoms with van der Waals surface area (Å²) in [7, 11) is 0. The highest BCUT2D eigenvalue weighted by atomic mass is 35.5. The molecule has 0 bridgehead atoms. The zero-order chi connectivity index (χ0) is 32.4. The molecule has 1 aliphatic carbocycles. The van der Waals surface area contributed by atoms with Gasteiger partial charge in [-0.05, 0) is 83.2 Å². The number of amides is 1. The van der Waals surface area contributed by atoms with Crippen LogP contribution in [-0.4, -0.2) is 75.3 Å². The number of rotatable bonds is 6. The van der Waals surface area contributed by atoms with E-state index in [0.717, 1.165) is 44.5 Å². The number of piperidine rings is 1. The number of thioether (sulfide) groups is 1. The summed E-state index contributed by atoms with van der Waals surface area (Å²) in [5.74, 6) is -2.12. The van der Waals surface area contributed by atoms with Gasteiger partial charge in [0.2, 0.25) is 5.91 Å². The van der Waals surface area contributed by atoms with Crippen molar-refractivity contribution in [1.82, 2.24) is 19.4 Å². The number of aromatic nitrogens is 2. The lowest BCUT2D eigenvalue weighted by Crippen LogP contribution is -2.58. The van der Waals surface area contributed by atoms with Crippen molar-refractivity contribution in [1.29, 1.82) is 0 Å². The number of carbonyl (C=O) groups is 1. The van der Waals surface area contributed by atoms with Gasteiger partial charge in [-0.3, -0.25) is 9.36 Å². The Morgan fingerprint density at radius 2 is 1.76 bits per heavy atom. The molecular formula is C34H37ClF3N5O2S. The van der Waals surface area contributed by atoms with Gasteiger partial charge in [-0.1, -0.05) is 18.2 Å². The zero-order valence-corrected chi connectivity index (χ0v) is 27.5. The molecule has 0 unspecified atom stereocenters. The van der Waals surface area contributed by atoms with E-state index in [1.165, 1.54) is 30.7 Å². The maximum atomic E-state index is 15.3. The summed E-state index contributed by atoms with van der Waals surface area (Å²) >= 11 is 8.37. The van der Waals surface area contributed by atoms with Crippen molar-refractivity contribution in [2.75, 3.05) is 36.8 Å². The maximum Gasteiger partial charge on any atom is 0.350 e. The first-order chi connectivity index (χ1) is 22.0. The molecule has 0 spiro atoms. The molecule has 3 fully saturated rings. The molecule has 0 N–H and O–H groups in total. The van der Waals surface area contributed by atoms with Crippen LogP contribution in [0.3, 0.4) is 0 Å². The SMILES string of the molecule is C=CC(=O)N1C[C@H](C)N(c2nc(=O)n3c4c(c(-c5cc(F)c(F)cc5F)c(Cl)cc24)SC[C@@H]3CC2CCN(C3CC3)CC2)C[C@H]1C. The first-order valence-electron chi connectivity index (χ1n) is 16.1. The van der Waals surface area contributed by atoms with Crippen LogP contribution in [-0.2, 0) is 4.79 Å². The third kappa shape index (κ3) is 5.52. The molecule has 4 heterocycles. The number of anilines is 1. The maximum absolute atomic E-state index is 15.3. The van der Waals surface area contributed by atoms with Crippen LogP contribution in [0.25, 0.3) is 22.0 Å². The van der Waals surface area contributed by atoms with E-state index in [2.05, 4.69) is 16.5 Å². The molecule has 2 saturated heterocycles. The fourth-order valence-corrected chi connectivity index (χ4v) is 9.36. The quantitative estimate of drug-likeness (QED) is 0.216. The van der Waals surface area contributed by atoms with Crippen molar-refractivity contribution in [3.8, 4) is 11.1 Å². The summed E-state index contributed by atoms with van der Waals surface area (Å²) in [6.07, 6.45) is 6.83. The molecule has 0 radical (unpaired) electrons. The predicted octanol–water partition coefficient (Wildman–Crippen LogP) is 6.66. The molecule has 7 rings (SSSR count). The first-order valence-corrected chi connectivity index (χ1v) is 17.4. The van der Waals surface area contributed by atoms with E-state index in [4.69, 9.17) is 11.6 Å². The van der Waals surface area contributed by atoms with E-state index in [1.54, 1.807) is 15.5 Å². The lowest BCUT2D eigenvalue weighted by atomic mass is 9.90. The molecule has 3 aromatic rings. The minimum absolute atomic E-state index is 0.145. The molecule has 3 atom stereocenters. The zero-order valence-electron chi connectivity index (χ0n) is 25.9. The van der Waals surface area contributed by atoms with Gasteiger partial charge in [0.25, 0.3) is 0 Å². The van der Waals surface area contributed by atoms with Gasteiger partial charge < -0.3 is 14.7 Å². The van der Waals surface area contributed by atoms with Crippen molar-refractivity contribution < 1.29 is 18.0 Å². The predicted molar refractivity (Wildman–Crippen MR) is 176 cm³/mol. The topological polar surface area (TPSA) is 61.7 Å². The third-order valence-corrected chi connectivity index (χ3v) is 11.7. The molecule has 1 saturated carbocycles. The standard InChI is InChI=1S/C34H37ClF3N5O2S/c1-4-29(44)41-15-19(3)42(16-18(41)2)33-24-12-25(35)30(23-13-27(37)28(38)14-26(23)36)32-31(24)43(34(45)39-33)22(17-46-32)11-20-7-9-40(10-8-20)21-5-6-21/h4,12-14,18-22H,1,5-11,15-17H2,2-3H3/t18-,19+,22+/m1/s1. The van der Waals surface area contributed by atoms with Crippen LogP contribution in [0.4, 0.5) is 19.0 Å². The molecular weight excluding hydrogens is 635 g/mol. The Hall–Kier alpha value is -3.02. The fraction of sp³-hybridized carbons (Fsp3) is 0.500. The number of piperazine rings is 1. The summed E-state index contributed by atoms with van der Waals surface area (Å²) in [6, 6.07) is 3.26. The van der Waals surface area contributed by atoms with E-state index in [0.29, 0.717) is 52.4 Å². The number of benzene rings is 2. The van der Waals surface area contributed by atoms with Crippen LogP contribution in [0.2, 0.25) is 5.02 Å². The van der Waals surface area contributed by atoms with Crippen molar-refractivity contribution in [2.45, 2.75) is 75.0 Å². The van der Waals surface area contributed by atoms with Gasteiger partial charge in [-0.25, -0.2) is 18.0 Å². The van der Waals surface area contributed by atoms with Crippen LogP contribution < -0.4 is 10.6 Å². The van der Waals surface area contributed by atoms with Gasteiger partial charge in [-0.2, -0.15) is 4.98 Å². The van der Waals surface area contributed by atoms with Gasteiger partial charge >= 0.3 is 5.69 Å². The highest BCUT2D eigenvalue weighted by molar-refractivity contribution is 7.99. The van der Waals surface area contributed by atoms with Crippen LogP contribution in [0.1, 0.15) is 52.0 Å². The Kier molecular flexibility index (Phi) is 8.38. The number of nitrogens with zero attached hydrogens (tertiary/aromatic N) is 5. The van der Waals surface area contributed by atoms with E-state index in [1.807, 2.05) is 18.7 Å². The molecule has 3 aliphatic heterocycles. The molecule has 2 aromatic carbocycles. The van der Waals surface area contributed by atoms with Gasteiger partial charge in [-0.15, -0.1) is 11.8 Å². The second-order valence-corrected chi connectivity index (χ2v) is 14.7. The summed E-state index contributed by atoms with van der Waals surface area (Å²) in [6.45, 7) is 10.5. The normalized spacial score (nSPS) is 24.1. The average molecular weight is 672 g/mol. The van der Waals surface area contributed by atoms with E-state index < -0.39 is 23.1 Å². The van der Waals surface area contributed by atoms with Gasteiger partial charge in [0.15, 0.2) is 11.6 Å². The highest BCUT2D eigenvalue weighted by Gasteiger charge is 2.38. The number of halogens is 4. The monoisotopic (exact) mass is 671 g/mol. The van der Waals surface area contributed by atoms with Crippen molar-refractivity contribution in [3.05, 3.63) is 63.8 Å². The summed E-state index contributed by atoms with van der Waals surface area (Å²) in [5, 5.41) is 0.787. The van der Waals surface area contributed by atoms with Gasteiger partial charge in [0.05, 0.1) is 10.5 Å². The molecule has 7 nitrogen and oxygen atoms in total. The van der Waals surface area contributed by atoms with E-state index >= 15 is 4.39 Å². The molecule has 46 heavy (non-hydrogen) atoms.